The number of amides is 2. The third-order valence-corrected chi connectivity index (χ3v) is 5.72. The van der Waals surface area contributed by atoms with Crippen LogP contribution in [0.4, 0.5) is 0 Å². The molecule has 1 aliphatic rings. The monoisotopic (exact) mass is 425 g/mol. The first-order valence-electron chi connectivity index (χ1n) is 10.1. The van der Waals surface area contributed by atoms with Gasteiger partial charge in [-0.3, -0.25) is 14.5 Å². The molecule has 0 saturated heterocycles. The Hall–Kier alpha value is -2.57. The minimum Gasteiger partial charge on any atom is -0.494 e. The molecule has 0 fully saturated rings. The summed E-state index contributed by atoms with van der Waals surface area (Å²) in [5, 5.41) is 0. The lowest BCUT2D eigenvalue weighted by atomic mass is 10.1. The number of imide groups is 1. The van der Waals surface area contributed by atoms with Gasteiger partial charge in [-0.25, -0.2) is 0 Å². The highest BCUT2D eigenvalue weighted by Crippen LogP contribution is 2.37. The number of carbonyl (C=O) groups is 2. The average Bonchev–Trinajstić information content (AvgIpc) is 2.98. The van der Waals surface area contributed by atoms with Gasteiger partial charge in [-0.05, 0) is 44.0 Å². The fourth-order valence-corrected chi connectivity index (χ4v) is 4.23. The molecule has 0 N–H and O–H groups in total. The second-order valence-corrected chi connectivity index (χ2v) is 8.10. The van der Waals surface area contributed by atoms with Gasteiger partial charge in [0.2, 0.25) is 0 Å². The van der Waals surface area contributed by atoms with Gasteiger partial charge in [0, 0.05) is 5.75 Å². The fourth-order valence-electron chi connectivity index (χ4n) is 3.14. The van der Waals surface area contributed by atoms with Crippen LogP contribution in [-0.4, -0.2) is 42.6 Å². The second-order valence-electron chi connectivity index (χ2n) is 7.12. The van der Waals surface area contributed by atoms with Crippen molar-refractivity contribution in [2.75, 3.05) is 19.8 Å². The average molecular weight is 426 g/mol. The van der Waals surface area contributed by atoms with Gasteiger partial charge in [-0.1, -0.05) is 42.5 Å². The van der Waals surface area contributed by atoms with Crippen LogP contribution in [0.2, 0.25) is 0 Å². The lowest BCUT2D eigenvalue weighted by Gasteiger charge is -2.16. The molecule has 0 atom stereocenters. The van der Waals surface area contributed by atoms with Crippen molar-refractivity contribution in [3.8, 4) is 5.75 Å². The highest BCUT2D eigenvalue weighted by Gasteiger charge is 2.38. The van der Waals surface area contributed by atoms with Gasteiger partial charge in [-0.15, -0.1) is 11.8 Å². The van der Waals surface area contributed by atoms with Gasteiger partial charge in [-0.2, -0.15) is 0 Å². The van der Waals surface area contributed by atoms with Crippen molar-refractivity contribution in [1.29, 1.82) is 0 Å². The number of nitrogens with zero attached hydrogens (tertiary/aromatic N) is 1. The molecule has 0 spiro atoms. The molecule has 2 aromatic carbocycles. The molecule has 2 amide bonds. The normalized spacial score (nSPS) is 14.2. The Morgan fingerprint density at radius 2 is 1.67 bits per heavy atom. The maximum atomic E-state index is 13.2. The van der Waals surface area contributed by atoms with Gasteiger partial charge in [0.25, 0.3) is 11.8 Å². The van der Waals surface area contributed by atoms with E-state index in [1.54, 1.807) is 0 Å². The van der Waals surface area contributed by atoms with E-state index in [9.17, 15) is 9.59 Å². The van der Waals surface area contributed by atoms with E-state index in [1.807, 2.05) is 75.4 Å². The van der Waals surface area contributed by atoms with Crippen molar-refractivity contribution >= 4 is 29.1 Å². The molecule has 0 saturated carbocycles. The molecule has 6 heteroatoms. The summed E-state index contributed by atoms with van der Waals surface area (Å²) >= 11 is 1.41. The topological polar surface area (TPSA) is 55.8 Å². The Morgan fingerprint density at radius 3 is 2.30 bits per heavy atom. The highest BCUT2D eigenvalue weighted by atomic mass is 32.2. The van der Waals surface area contributed by atoms with Crippen molar-refractivity contribution < 1.29 is 19.1 Å². The summed E-state index contributed by atoms with van der Waals surface area (Å²) in [4.78, 5) is 28.1. The lowest BCUT2D eigenvalue weighted by Crippen LogP contribution is -2.35. The number of carbonyl (C=O) groups excluding carboxylic acids is 2. The summed E-state index contributed by atoms with van der Waals surface area (Å²) in [5.41, 5.74) is 2.27. The first kappa shape index (κ1) is 22.1. The largest absolute Gasteiger partial charge is 0.494 e. The summed E-state index contributed by atoms with van der Waals surface area (Å²) in [5.74, 6) is 0.829. The van der Waals surface area contributed by atoms with E-state index in [-0.39, 0.29) is 24.5 Å². The van der Waals surface area contributed by atoms with Gasteiger partial charge in [0.15, 0.2) is 0 Å². The van der Waals surface area contributed by atoms with Crippen LogP contribution in [0.5, 0.6) is 5.75 Å². The quantitative estimate of drug-likeness (QED) is 0.524. The predicted molar refractivity (Wildman–Crippen MR) is 120 cm³/mol. The molecule has 0 aromatic heterocycles. The van der Waals surface area contributed by atoms with Crippen LogP contribution in [-0.2, 0) is 20.1 Å². The third-order valence-electron chi connectivity index (χ3n) is 4.57. The minimum atomic E-state index is -0.271. The molecule has 1 heterocycles. The molecule has 0 unspecified atom stereocenters. The zero-order valence-electron chi connectivity index (χ0n) is 17.6. The lowest BCUT2D eigenvalue weighted by molar-refractivity contribution is -0.137. The SMILES string of the molecule is CCOc1ccc(C2=C(SCc3ccccc3)C(=O)N(CCOC(C)C)C2=O)cc1. The summed E-state index contributed by atoms with van der Waals surface area (Å²) < 4.78 is 11.1. The molecule has 0 radical (unpaired) electrons. The Morgan fingerprint density at radius 1 is 0.967 bits per heavy atom. The predicted octanol–water partition coefficient (Wildman–Crippen LogP) is 4.52. The molecule has 0 aliphatic carbocycles. The molecule has 3 rings (SSSR count). The molecule has 30 heavy (non-hydrogen) atoms. The van der Waals surface area contributed by atoms with Crippen LogP contribution < -0.4 is 4.74 Å². The van der Waals surface area contributed by atoms with Gasteiger partial charge in [0.1, 0.15) is 5.75 Å². The number of benzene rings is 2. The van der Waals surface area contributed by atoms with E-state index < -0.39 is 0 Å². The smallest absolute Gasteiger partial charge is 0.268 e. The Kier molecular flexibility index (Phi) is 7.71. The van der Waals surface area contributed by atoms with Crippen LogP contribution in [0, 0.1) is 0 Å². The Labute approximate surface area is 182 Å². The second kappa shape index (κ2) is 10.5. The van der Waals surface area contributed by atoms with Crippen molar-refractivity contribution in [1.82, 2.24) is 4.90 Å². The zero-order valence-corrected chi connectivity index (χ0v) is 18.4. The molecular formula is C24H27NO4S. The summed E-state index contributed by atoms with van der Waals surface area (Å²) in [7, 11) is 0. The number of hydrogen-bond acceptors (Lipinski definition) is 5. The fraction of sp³-hybridized carbons (Fsp3) is 0.333. The summed E-state index contributed by atoms with van der Waals surface area (Å²) in [6, 6.07) is 17.2. The molecule has 2 aromatic rings. The first-order valence-corrected chi connectivity index (χ1v) is 11.1. The van der Waals surface area contributed by atoms with Crippen molar-refractivity contribution in [2.24, 2.45) is 0 Å². The van der Waals surface area contributed by atoms with E-state index >= 15 is 0 Å². The zero-order chi connectivity index (χ0) is 21.5. The van der Waals surface area contributed by atoms with Gasteiger partial charge in [0.05, 0.1) is 36.3 Å². The molecule has 158 valence electrons. The first-order chi connectivity index (χ1) is 14.5. The highest BCUT2D eigenvalue weighted by molar-refractivity contribution is 8.03. The number of ether oxygens (including phenoxy) is 2. The molecule has 1 aliphatic heterocycles. The molecule has 0 bridgehead atoms. The van der Waals surface area contributed by atoms with Gasteiger partial charge >= 0.3 is 0 Å². The van der Waals surface area contributed by atoms with E-state index in [1.165, 1.54) is 16.7 Å². The van der Waals surface area contributed by atoms with Crippen LogP contribution in [0.15, 0.2) is 59.5 Å². The molecular weight excluding hydrogens is 398 g/mol. The maximum absolute atomic E-state index is 13.2. The van der Waals surface area contributed by atoms with E-state index in [4.69, 9.17) is 9.47 Å². The summed E-state index contributed by atoms with van der Waals surface area (Å²) in [6.07, 6.45) is 0.0447. The Bertz CT molecular complexity index is 907. The van der Waals surface area contributed by atoms with E-state index in [2.05, 4.69) is 0 Å². The standard InChI is InChI=1S/C24H27NO4S/c1-4-28-20-12-10-19(11-13-20)21-22(30-16-18-8-6-5-7-9-18)24(27)25(23(21)26)14-15-29-17(2)3/h5-13,17H,4,14-16H2,1-3H3. The number of thioether (sulfide) groups is 1. The Balaban J connectivity index is 1.87. The van der Waals surface area contributed by atoms with Crippen LogP contribution in [0.25, 0.3) is 5.57 Å². The maximum Gasteiger partial charge on any atom is 0.268 e. The van der Waals surface area contributed by atoms with Crippen LogP contribution in [0.1, 0.15) is 31.9 Å². The van der Waals surface area contributed by atoms with E-state index in [0.717, 1.165) is 16.9 Å². The van der Waals surface area contributed by atoms with Crippen molar-refractivity contribution in [3.05, 3.63) is 70.6 Å². The van der Waals surface area contributed by atoms with Crippen molar-refractivity contribution in [2.45, 2.75) is 32.6 Å². The third kappa shape index (κ3) is 5.32. The summed E-state index contributed by atoms with van der Waals surface area (Å²) in [6.45, 7) is 6.91. The van der Waals surface area contributed by atoms with Crippen LogP contribution >= 0.6 is 11.8 Å². The number of hydrogen-bond donors (Lipinski definition) is 0. The number of rotatable bonds is 10. The van der Waals surface area contributed by atoms with Crippen molar-refractivity contribution in [3.63, 3.8) is 0 Å². The van der Waals surface area contributed by atoms with Crippen LogP contribution in [0.3, 0.4) is 0 Å². The minimum absolute atomic E-state index is 0.0447. The molecule has 5 nitrogen and oxygen atoms in total. The van der Waals surface area contributed by atoms with Gasteiger partial charge < -0.3 is 9.47 Å². The van der Waals surface area contributed by atoms with E-state index in [0.29, 0.717) is 29.4 Å².